The maximum absolute atomic E-state index is 12.1. The first-order chi connectivity index (χ1) is 11.2. The Kier molecular flexibility index (Phi) is 5.27. The van der Waals surface area contributed by atoms with E-state index in [1.807, 2.05) is 12.1 Å². The molecule has 1 aromatic heterocycles. The number of carbonyl (C=O) groups excluding carboxylic acids is 1. The monoisotopic (exact) mass is 334 g/mol. The fourth-order valence-corrected chi connectivity index (χ4v) is 2.58. The van der Waals surface area contributed by atoms with Crippen LogP contribution in [0.4, 0.5) is 0 Å². The van der Waals surface area contributed by atoms with Gasteiger partial charge in [-0.15, -0.1) is 0 Å². The highest BCUT2D eigenvalue weighted by Gasteiger charge is 2.13. The van der Waals surface area contributed by atoms with E-state index in [2.05, 4.69) is 20.4 Å². The van der Waals surface area contributed by atoms with Gasteiger partial charge in [0.1, 0.15) is 5.69 Å². The van der Waals surface area contributed by atoms with Crippen LogP contribution in [0.1, 0.15) is 10.5 Å². The Labute approximate surface area is 139 Å². The van der Waals surface area contributed by atoms with Crippen LogP contribution < -0.4 is 5.32 Å². The van der Waals surface area contributed by atoms with Gasteiger partial charge in [-0.2, -0.15) is 5.10 Å². The quantitative estimate of drug-likeness (QED) is 0.874. The summed E-state index contributed by atoms with van der Waals surface area (Å²) in [5, 5.41) is 10.5. The Bertz CT molecular complexity index is 650. The van der Waals surface area contributed by atoms with E-state index >= 15 is 0 Å². The molecular formula is C16H19ClN4O2. The van der Waals surface area contributed by atoms with Crippen molar-refractivity contribution in [2.75, 3.05) is 39.4 Å². The molecule has 2 N–H and O–H groups in total. The molecule has 122 valence electrons. The van der Waals surface area contributed by atoms with E-state index in [4.69, 9.17) is 16.3 Å². The van der Waals surface area contributed by atoms with Crippen LogP contribution in [0, 0.1) is 0 Å². The molecule has 1 amide bonds. The summed E-state index contributed by atoms with van der Waals surface area (Å²) in [6, 6.07) is 9.09. The molecule has 0 bridgehead atoms. The second kappa shape index (κ2) is 7.59. The fraction of sp³-hybridized carbons (Fsp3) is 0.375. The highest BCUT2D eigenvalue weighted by atomic mass is 35.5. The molecule has 0 aliphatic carbocycles. The van der Waals surface area contributed by atoms with Crippen LogP contribution in [0.3, 0.4) is 0 Å². The van der Waals surface area contributed by atoms with E-state index in [-0.39, 0.29) is 5.91 Å². The lowest BCUT2D eigenvalue weighted by molar-refractivity contribution is 0.0383. The Morgan fingerprint density at radius 3 is 2.78 bits per heavy atom. The zero-order valence-corrected chi connectivity index (χ0v) is 13.5. The number of rotatable bonds is 5. The lowest BCUT2D eigenvalue weighted by Crippen LogP contribution is -2.41. The summed E-state index contributed by atoms with van der Waals surface area (Å²) >= 11 is 5.87. The van der Waals surface area contributed by atoms with Gasteiger partial charge in [0, 0.05) is 36.8 Å². The molecule has 0 radical (unpaired) electrons. The van der Waals surface area contributed by atoms with Crippen LogP contribution >= 0.6 is 11.6 Å². The minimum Gasteiger partial charge on any atom is -0.379 e. The summed E-state index contributed by atoms with van der Waals surface area (Å²) in [5.74, 6) is -0.147. The highest BCUT2D eigenvalue weighted by Crippen LogP contribution is 2.20. The number of aromatic nitrogens is 2. The number of hydrogen-bond acceptors (Lipinski definition) is 4. The molecule has 1 aliphatic rings. The third kappa shape index (κ3) is 4.31. The van der Waals surface area contributed by atoms with Crippen molar-refractivity contribution in [2.24, 2.45) is 0 Å². The number of nitrogens with one attached hydrogen (secondary N) is 2. The van der Waals surface area contributed by atoms with E-state index in [9.17, 15) is 4.79 Å². The van der Waals surface area contributed by atoms with Crippen LogP contribution in [0.5, 0.6) is 0 Å². The van der Waals surface area contributed by atoms with Gasteiger partial charge >= 0.3 is 0 Å². The van der Waals surface area contributed by atoms with Gasteiger partial charge in [0.05, 0.1) is 18.9 Å². The second-order valence-corrected chi connectivity index (χ2v) is 5.82. The molecule has 0 spiro atoms. The first kappa shape index (κ1) is 16.0. The Balaban J connectivity index is 1.52. The predicted octanol–water partition coefficient (Wildman–Crippen LogP) is 1.79. The first-order valence-electron chi connectivity index (χ1n) is 7.62. The molecule has 6 nitrogen and oxygen atoms in total. The molecule has 3 rings (SSSR count). The van der Waals surface area contributed by atoms with E-state index < -0.39 is 0 Å². The van der Waals surface area contributed by atoms with Crippen molar-refractivity contribution in [1.82, 2.24) is 20.4 Å². The van der Waals surface area contributed by atoms with Crippen LogP contribution in [-0.4, -0.2) is 60.4 Å². The molecular weight excluding hydrogens is 316 g/mol. The molecule has 1 fully saturated rings. The number of morpholine rings is 1. The Hall–Kier alpha value is -1.89. The molecule has 1 aromatic carbocycles. The highest BCUT2D eigenvalue weighted by molar-refractivity contribution is 6.30. The SMILES string of the molecule is O=C(NCCN1CCOCC1)c1cc(-c2ccc(Cl)cc2)n[nH]1. The molecule has 1 aliphatic heterocycles. The summed E-state index contributed by atoms with van der Waals surface area (Å²) in [6.07, 6.45) is 0. The lowest BCUT2D eigenvalue weighted by atomic mass is 10.1. The number of ether oxygens (including phenoxy) is 1. The zero-order chi connectivity index (χ0) is 16.1. The number of nitrogens with zero attached hydrogens (tertiary/aromatic N) is 2. The van der Waals surface area contributed by atoms with Crippen LogP contribution in [0.2, 0.25) is 5.02 Å². The number of halogens is 1. The van der Waals surface area contributed by atoms with Gasteiger partial charge in [-0.25, -0.2) is 0 Å². The van der Waals surface area contributed by atoms with Gasteiger partial charge in [-0.3, -0.25) is 14.8 Å². The van der Waals surface area contributed by atoms with Crippen molar-refractivity contribution >= 4 is 17.5 Å². The largest absolute Gasteiger partial charge is 0.379 e. The van der Waals surface area contributed by atoms with Crippen molar-refractivity contribution in [1.29, 1.82) is 0 Å². The summed E-state index contributed by atoms with van der Waals surface area (Å²) in [5.41, 5.74) is 2.09. The fourth-order valence-electron chi connectivity index (χ4n) is 2.45. The molecule has 0 saturated carbocycles. The van der Waals surface area contributed by atoms with Crippen molar-refractivity contribution < 1.29 is 9.53 Å². The standard InChI is InChI=1S/C16H19ClN4O2/c17-13-3-1-12(2-4-13)14-11-15(20-19-14)16(22)18-5-6-21-7-9-23-10-8-21/h1-4,11H,5-10H2,(H,18,22)(H,19,20). The molecule has 7 heteroatoms. The number of benzene rings is 1. The van der Waals surface area contributed by atoms with Gasteiger partial charge < -0.3 is 10.1 Å². The minimum atomic E-state index is -0.147. The third-order valence-corrected chi connectivity index (χ3v) is 4.03. The van der Waals surface area contributed by atoms with Crippen molar-refractivity contribution in [3.05, 3.63) is 41.0 Å². The van der Waals surface area contributed by atoms with Crippen molar-refractivity contribution in [2.45, 2.75) is 0 Å². The van der Waals surface area contributed by atoms with Gasteiger partial charge in [0.15, 0.2) is 0 Å². The summed E-state index contributed by atoms with van der Waals surface area (Å²) in [4.78, 5) is 14.4. The van der Waals surface area contributed by atoms with Crippen LogP contribution in [-0.2, 0) is 4.74 Å². The van der Waals surface area contributed by atoms with Crippen molar-refractivity contribution in [3.63, 3.8) is 0 Å². The average molecular weight is 335 g/mol. The average Bonchev–Trinajstić information content (AvgIpc) is 3.06. The predicted molar refractivity (Wildman–Crippen MR) is 88.6 cm³/mol. The molecule has 23 heavy (non-hydrogen) atoms. The maximum Gasteiger partial charge on any atom is 0.269 e. The number of H-pyrrole nitrogens is 1. The van der Waals surface area contributed by atoms with E-state index in [0.29, 0.717) is 17.3 Å². The number of carbonyl (C=O) groups is 1. The van der Waals surface area contributed by atoms with Gasteiger partial charge in [0.25, 0.3) is 5.91 Å². The summed E-state index contributed by atoms with van der Waals surface area (Å²) in [6.45, 7) is 4.79. The van der Waals surface area contributed by atoms with Crippen LogP contribution in [0.15, 0.2) is 30.3 Å². The maximum atomic E-state index is 12.1. The molecule has 0 unspecified atom stereocenters. The second-order valence-electron chi connectivity index (χ2n) is 5.38. The molecule has 1 saturated heterocycles. The Morgan fingerprint density at radius 1 is 1.30 bits per heavy atom. The smallest absolute Gasteiger partial charge is 0.269 e. The lowest BCUT2D eigenvalue weighted by Gasteiger charge is -2.26. The zero-order valence-electron chi connectivity index (χ0n) is 12.7. The van der Waals surface area contributed by atoms with Crippen molar-refractivity contribution in [3.8, 4) is 11.3 Å². The minimum absolute atomic E-state index is 0.147. The van der Waals surface area contributed by atoms with Gasteiger partial charge in [-0.05, 0) is 18.2 Å². The van der Waals surface area contributed by atoms with Gasteiger partial charge in [-0.1, -0.05) is 23.7 Å². The molecule has 2 aromatic rings. The van der Waals surface area contributed by atoms with Crippen LogP contribution in [0.25, 0.3) is 11.3 Å². The van der Waals surface area contributed by atoms with Gasteiger partial charge in [0.2, 0.25) is 0 Å². The molecule has 0 atom stereocenters. The normalized spacial score (nSPS) is 15.5. The Morgan fingerprint density at radius 2 is 2.04 bits per heavy atom. The van der Waals surface area contributed by atoms with E-state index in [1.165, 1.54) is 0 Å². The number of hydrogen-bond donors (Lipinski definition) is 2. The topological polar surface area (TPSA) is 70.2 Å². The molecule has 2 heterocycles. The first-order valence-corrected chi connectivity index (χ1v) is 8.00. The summed E-state index contributed by atoms with van der Waals surface area (Å²) in [7, 11) is 0. The third-order valence-electron chi connectivity index (χ3n) is 3.78. The number of amides is 1. The van der Waals surface area contributed by atoms with E-state index in [1.54, 1.807) is 18.2 Å². The summed E-state index contributed by atoms with van der Waals surface area (Å²) < 4.78 is 5.30. The number of aromatic amines is 1. The van der Waals surface area contributed by atoms with E-state index in [0.717, 1.165) is 44.1 Å².